The highest BCUT2D eigenvalue weighted by Crippen LogP contribution is 2.14. The van der Waals surface area contributed by atoms with Crippen LogP contribution in [0.1, 0.15) is 31.1 Å². The molecule has 5 nitrogen and oxygen atoms in total. The van der Waals surface area contributed by atoms with Gasteiger partial charge in [0.1, 0.15) is 6.29 Å². The minimum atomic E-state index is -0.0870. The lowest BCUT2D eigenvalue weighted by Gasteiger charge is -2.35. The number of rotatable bonds is 3. The van der Waals surface area contributed by atoms with Crippen LogP contribution in [0, 0.1) is 0 Å². The summed E-state index contributed by atoms with van der Waals surface area (Å²) in [6.07, 6.45) is 0.745. The van der Waals surface area contributed by atoms with Crippen LogP contribution < -0.4 is 0 Å². The number of hydrogen-bond donors (Lipinski definition) is 0. The van der Waals surface area contributed by atoms with Crippen molar-refractivity contribution in [2.24, 2.45) is 0 Å². The number of carbonyl (C=O) groups is 3. The van der Waals surface area contributed by atoms with Crippen LogP contribution in [0.5, 0.6) is 0 Å². The number of hydrogen-bond acceptors (Lipinski definition) is 3. The Morgan fingerprint density at radius 3 is 1.56 bits per heavy atom. The monoisotopic (exact) mass is 356 g/mol. The van der Waals surface area contributed by atoms with Gasteiger partial charge >= 0.3 is 0 Å². The van der Waals surface area contributed by atoms with Gasteiger partial charge in [-0.2, -0.15) is 0 Å². The van der Waals surface area contributed by atoms with Gasteiger partial charge in [-0.05, 0) is 36.4 Å². The third kappa shape index (κ3) is 3.88. The molecule has 0 saturated carbocycles. The number of benzene rings is 2. The molecule has 1 heterocycles. The van der Waals surface area contributed by atoms with Gasteiger partial charge in [-0.15, -0.1) is 0 Å². The van der Waals surface area contributed by atoms with Crippen LogP contribution in [0.2, 0.25) is 5.02 Å². The third-order valence-corrected chi connectivity index (χ3v) is 4.49. The van der Waals surface area contributed by atoms with Crippen LogP contribution in [0.3, 0.4) is 0 Å². The summed E-state index contributed by atoms with van der Waals surface area (Å²) in [5.41, 5.74) is 1.67. The second kappa shape index (κ2) is 7.49. The second-order valence-corrected chi connectivity index (χ2v) is 6.27. The van der Waals surface area contributed by atoms with Gasteiger partial charge in [0.2, 0.25) is 0 Å². The topological polar surface area (TPSA) is 57.7 Å². The average molecular weight is 357 g/mol. The molecule has 3 rings (SSSR count). The predicted molar refractivity (Wildman–Crippen MR) is 95.1 cm³/mol. The van der Waals surface area contributed by atoms with Crippen molar-refractivity contribution < 1.29 is 14.4 Å². The molecule has 2 aromatic carbocycles. The average Bonchev–Trinajstić information content (AvgIpc) is 2.67. The van der Waals surface area contributed by atoms with Gasteiger partial charge in [0, 0.05) is 47.9 Å². The highest BCUT2D eigenvalue weighted by Gasteiger charge is 2.25. The van der Waals surface area contributed by atoms with E-state index in [0.29, 0.717) is 47.9 Å². The van der Waals surface area contributed by atoms with Crippen molar-refractivity contribution in [3.05, 3.63) is 70.2 Å². The van der Waals surface area contributed by atoms with Gasteiger partial charge < -0.3 is 9.80 Å². The van der Waals surface area contributed by atoms with Gasteiger partial charge in [0.25, 0.3) is 11.8 Å². The van der Waals surface area contributed by atoms with Crippen LogP contribution >= 0.6 is 11.6 Å². The van der Waals surface area contributed by atoms with Crippen LogP contribution in [0.4, 0.5) is 0 Å². The Kier molecular flexibility index (Phi) is 5.14. The molecule has 6 heteroatoms. The molecular weight excluding hydrogens is 340 g/mol. The van der Waals surface area contributed by atoms with Crippen molar-refractivity contribution in [1.29, 1.82) is 0 Å². The molecule has 2 amide bonds. The molecule has 1 aliphatic heterocycles. The molecule has 0 aromatic heterocycles. The predicted octanol–water partition coefficient (Wildman–Crippen LogP) is 2.75. The maximum atomic E-state index is 12.5. The van der Waals surface area contributed by atoms with E-state index in [1.54, 1.807) is 58.3 Å². The zero-order valence-corrected chi connectivity index (χ0v) is 14.3. The lowest BCUT2D eigenvalue weighted by atomic mass is 10.1. The van der Waals surface area contributed by atoms with Crippen LogP contribution in [-0.4, -0.2) is 54.1 Å². The highest BCUT2D eigenvalue weighted by atomic mass is 35.5. The first-order valence-corrected chi connectivity index (χ1v) is 8.35. The van der Waals surface area contributed by atoms with E-state index in [2.05, 4.69) is 0 Å². The summed E-state index contributed by atoms with van der Waals surface area (Å²) in [4.78, 5) is 39.1. The first kappa shape index (κ1) is 17.2. The Balaban J connectivity index is 1.60. The third-order valence-electron chi connectivity index (χ3n) is 4.24. The molecule has 0 aliphatic carbocycles. The molecule has 0 N–H and O–H groups in total. The first-order valence-electron chi connectivity index (χ1n) is 7.98. The van der Waals surface area contributed by atoms with E-state index in [1.807, 2.05) is 0 Å². The van der Waals surface area contributed by atoms with Crippen LogP contribution in [0.15, 0.2) is 48.5 Å². The molecular formula is C19H17ClN2O3. The van der Waals surface area contributed by atoms with E-state index in [-0.39, 0.29) is 11.8 Å². The molecule has 0 radical (unpaired) electrons. The normalized spacial score (nSPS) is 14.3. The maximum absolute atomic E-state index is 12.5. The molecule has 25 heavy (non-hydrogen) atoms. The van der Waals surface area contributed by atoms with Crippen LogP contribution in [0.25, 0.3) is 0 Å². The number of nitrogens with zero attached hydrogens (tertiary/aromatic N) is 2. The lowest BCUT2D eigenvalue weighted by Crippen LogP contribution is -2.50. The van der Waals surface area contributed by atoms with Gasteiger partial charge in [0.05, 0.1) is 0 Å². The molecule has 0 spiro atoms. The fourth-order valence-electron chi connectivity index (χ4n) is 2.77. The maximum Gasteiger partial charge on any atom is 0.253 e. The first-order chi connectivity index (χ1) is 12.1. The Bertz CT molecular complexity index is 779. The van der Waals surface area contributed by atoms with Gasteiger partial charge in [0.15, 0.2) is 0 Å². The number of amides is 2. The van der Waals surface area contributed by atoms with E-state index >= 15 is 0 Å². The standard InChI is InChI=1S/C19H17ClN2O3/c20-17-7-5-16(6-8-17)19(25)22-11-9-21(10-12-22)18(24)15-3-1-14(13-23)2-4-15/h1-8,13H,9-12H2. The Morgan fingerprint density at radius 1 is 0.760 bits per heavy atom. The molecule has 0 atom stereocenters. The molecule has 0 unspecified atom stereocenters. The number of carbonyl (C=O) groups excluding carboxylic acids is 3. The van der Waals surface area contributed by atoms with E-state index in [0.717, 1.165) is 6.29 Å². The summed E-state index contributed by atoms with van der Waals surface area (Å²) >= 11 is 5.84. The van der Waals surface area contributed by atoms with Gasteiger partial charge in [-0.3, -0.25) is 14.4 Å². The Labute approximate surface area is 150 Å². The summed E-state index contributed by atoms with van der Waals surface area (Å²) in [5, 5.41) is 0.590. The van der Waals surface area contributed by atoms with Crippen LogP contribution in [-0.2, 0) is 0 Å². The van der Waals surface area contributed by atoms with Crippen molar-refractivity contribution in [1.82, 2.24) is 9.80 Å². The van der Waals surface area contributed by atoms with E-state index in [9.17, 15) is 14.4 Å². The van der Waals surface area contributed by atoms with Crippen molar-refractivity contribution in [2.75, 3.05) is 26.2 Å². The number of halogens is 1. The fraction of sp³-hybridized carbons (Fsp3) is 0.211. The van der Waals surface area contributed by atoms with Crippen molar-refractivity contribution in [3.63, 3.8) is 0 Å². The number of piperazine rings is 1. The number of aldehydes is 1. The lowest BCUT2D eigenvalue weighted by molar-refractivity contribution is 0.0535. The summed E-state index contributed by atoms with van der Waals surface area (Å²) in [5.74, 6) is -0.143. The van der Waals surface area contributed by atoms with E-state index in [1.165, 1.54) is 0 Å². The highest BCUT2D eigenvalue weighted by molar-refractivity contribution is 6.30. The molecule has 1 aliphatic rings. The van der Waals surface area contributed by atoms with Gasteiger partial charge in [-0.25, -0.2) is 0 Å². The largest absolute Gasteiger partial charge is 0.335 e. The molecule has 1 fully saturated rings. The summed E-state index contributed by atoms with van der Waals surface area (Å²) in [7, 11) is 0. The summed E-state index contributed by atoms with van der Waals surface area (Å²) in [6, 6.07) is 13.3. The van der Waals surface area contributed by atoms with E-state index in [4.69, 9.17) is 11.6 Å². The summed E-state index contributed by atoms with van der Waals surface area (Å²) < 4.78 is 0. The zero-order chi connectivity index (χ0) is 17.8. The smallest absolute Gasteiger partial charge is 0.253 e. The minimum absolute atomic E-state index is 0.0564. The SMILES string of the molecule is O=Cc1ccc(C(=O)N2CCN(C(=O)c3ccc(Cl)cc3)CC2)cc1. The van der Waals surface area contributed by atoms with Crippen molar-refractivity contribution in [2.45, 2.75) is 0 Å². The Morgan fingerprint density at radius 2 is 1.16 bits per heavy atom. The van der Waals surface area contributed by atoms with Gasteiger partial charge in [-0.1, -0.05) is 23.7 Å². The molecule has 128 valence electrons. The van der Waals surface area contributed by atoms with E-state index < -0.39 is 0 Å². The molecule has 1 saturated heterocycles. The fourth-order valence-corrected chi connectivity index (χ4v) is 2.90. The summed E-state index contributed by atoms with van der Waals surface area (Å²) in [6.45, 7) is 1.93. The molecule has 0 bridgehead atoms. The molecule has 2 aromatic rings. The quantitative estimate of drug-likeness (QED) is 0.794. The van der Waals surface area contributed by atoms with Crippen molar-refractivity contribution in [3.8, 4) is 0 Å². The van der Waals surface area contributed by atoms with Crippen molar-refractivity contribution >= 4 is 29.7 Å². The minimum Gasteiger partial charge on any atom is -0.335 e. The second-order valence-electron chi connectivity index (χ2n) is 5.83. The zero-order valence-electron chi connectivity index (χ0n) is 13.5. The Hall–Kier alpha value is -2.66.